The molecule has 1 N–H and O–H groups in total. The molecule has 136 valence electrons. The first-order valence-corrected chi connectivity index (χ1v) is 8.28. The normalized spacial score (nSPS) is 11.2. The molecule has 6 nitrogen and oxygen atoms in total. The maximum absolute atomic E-state index is 12.0. The van der Waals surface area contributed by atoms with Gasteiger partial charge in [-0.2, -0.15) is 0 Å². The van der Waals surface area contributed by atoms with E-state index in [-0.39, 0.29) is 17.1 Å². The Labute approximate surface area is 153 Å². The molecule has 0 bridgehead atoms. The van der Waals surface area contributed by atoms with Crippen LogP contribution >= 0.6 is 0 Å². The molecular formula is C21H16O6. The van der Waals surface area contributed by atoms with Crippen LogP contribution in [-0.4, -0.2) is 18.0 Å². The molecule has 27 heavy (non-hydrogen) atoms. The monoisotopic (exact) mass is 364 g/mol. The lowest BCUT2D eigenvalue weighted by Crippen LogP contribution is -1.98. The number of benzene rings is 2. The van der Waals surface area contributed by atoms with Crippen LogP contribution < -0.4 is 10.4 Å². The number of hydrogen-bond donors (Lipinski definition) is 1. The van der Waals surface area contributed by atoms with Crippen molar-refractivity contribution in [1.29, 1.82) is 0 Å². The van der Waals surface area contributed by atoms with E-state index in [0.717, 1.165) is 5.56 Å². The van der Waals surface area contributed by atoms with E-state index < -0.39 is 5.63 Å². The SMILES string of the molecule is COc1ccc2oc(=O)cc(-c3oc4cc(O)c(C(C)=O)cc4c3C)c2c1. The minimum Gasteiger partial charge on any atom is -0.507 e. The second kappa shape index (κ2) is 6.02. The number of methoxy groups -OCH3 is 1. The van der Waals surface area contributed by atoms with Crippen molar-refractivity contribution < 1.29 is 23.5 Å². The summed E-state index contributed by atoms with van der Waals surface area (Å²) < 4.78 is 16.5. The zero-order chi connectivity index (χ0) is 19.3. The second-order valence-electron chi connectivity index (χ2n) is 6.32. The van der Waals surface area contributed by atoms with Gasteiger partial charge < -0.3 is 18.7 Å². The Morgan fingerprint density at radius 2 is 1.81 bits per heavy atom. The Hall–Kier alpha value is -3.54. The molecule has 4 aromatic rings. The minimum atomic E-state index is -0.505. The highest BCUT2D eigenvalue weighted by molar-refractivity contribution is 6.03. The van der Waals surface area contributed by atoms with Crippen molar-refractivity contribution in [3.63, 3.8) is 0 Å². The van der Waals surface area contributed by atoms with Crippen LogP contribution in [0.1, 0.15) is 22.8 Å². The average Bonchev–Trinajstić information content (AvgIpc) is 2.95. The third kappa shape index (κ3) is 2.66. The molecule has 0 saturated heterocycles. The molecule has 2 aromatic carbocycles. The molecule has 2 heterocycles. The summed E-state index contributed by atoms with van der Waals surface area (Å²) in [4.78, 5) is 23.8. The molecule has 0 unspecified atom stereocenters. The number of carbonyl (C=O) groups is 1. The number of ketones is 1. The van der Waals surface area contributed by atoms with Crippen LogP contribution in [0.5, 0.6) is 11.5 Å². The predicted octanol–water partition coefficient (Wildman–Crippen LogP) is 4.43. The Kier molecular flexibility index (Phi) is 3.77. The van der Waals surface area contributed by atoms with Crippen LogP contribution in [0.2, 0.25) is 0 Å². The highest BCUT2D eigenvalue weighted by Gasteiger charge is 2.19. The van der Waals surface area contributed by atoms with Crippen molar-refractivity contribution in [2.24, 2.45) is 0 Å². The van der Waals surface area contributed by atoms with E-state index in [0.29, 0.717) is 39.0 Å². The largest absolute Gasteiger partial charge is 0.507 e. The van der Waals surface area contributed by atoms with Crippen LogP contribution in [0.15, 0.2) is 50.0 Å². The van der Waals surface area contributed by atoms with Crippen molar-refractivity contribution in [3.05, 3.63) is 57.9 Å². The summed E-state index contributed by atoms with van der Waals surface area (Å²) in [7, 11) is 1.55. The second-order valence-corrected chi connectivity index (χ2v) is 6.32. The predicted molar refractivity (Wildman–Crippen MR) is 101 cm³/mol. The van der Waals surface area contributed by atoms with Gasteiger partial charge in [-0.15, -0.1) is 0 Å². The lowest BCUT2D eigenvalue weighted by molar-refractivity contribution is 0.101. The average molecular weight is 364 g/mol. The summed E-state index contributed by atoms with van der Waals surface area (Å²) >= 11 is 0. The highest BCUT2D eigenvalue weighted by atomic mass is 16.5. The molecule has 0 aliphatic rings. The third-order valence-corrected chi connectivity index (χ3v) is 4.63. The fourth-order valence-corrected chi connectivity index (χ4v) is 3.25. The van der Waals surface area contributed by atoms with Gasteiger partial charge in [-0.1, -0.05) is 0 Å². The van der Waals surface area contributed by atoms with Crippen molar-refractivity contribution in [2.75, 3.05) is 7.11 Å². The van der Waals surface area contributed by atoms with Gasteiger partial charge in [-0.3, -0.25) is 4.79 Å². The maximum atomic E-state index is 12.0. The quantitative estimate of drug-likeness (QED) is 0.427. The van der Waals surface area contributed by atoms with Crippen LogP contribution in [0.25, 0.3) is 33.3 Å². The number of aromatic hydroxyl groups is 1. The molecule has 0 aliphatic heterocycles. The molecule has 6 heteroatoms. The van der Waals surface area contributed by atoms with E-state index in [1.807, 2.05) is 6.92 Å². The van der Waals surface area contributed by atoms with E-state index in [1.165, 1.54) is 19.1 Å². The van der Waals surface area contributed by atoms with Crippen molar-refractivity contribution in [3.8, 4) is 22.8 Å². The molecule has 0 amide bonds. The molecule has 0 fully saturated rings. The first kappa shape index (κ1) is 16.9. The number of carbonyl (C=O) groups excluding carboxylic acids is 1. The summed E-state index contributed by atoms with van der Waals surface area (Å²) in [5, 5.41) is 11.4. The van der Waals surface area contributed by atoms with Gasteiger partial charge in [0.1, 0.15) is 28.4 Å². The van der Waals surface area contributed by atoms with Gasteiger partial charge in [-0.25, -0.2) is 4.79 Å². The zero-order valence-corrected chi connectivity index (χ0v) is 15.0. The Morgan fingerprint density at radius 1 is 1.04 bits per heavy atom. The maximum Gasteiger partial charge on any atom is 0.336 e. The van der Waals surface area contributed by atoms with Crippen LogP contribution in [0.4, 0.5) is 0 Å². The van der Waals surface area contributed by atoms with Gasteiger partial charge in [0, 0.05) is 34.0 Å². The molecule has 0 radical (unpaired) electrons. The topological polar surface area (TPSA) is 89.9 Å². The van der Waals surface area contributed by atoms with Gasteiger partial charge in [0.25, 0.3) is 0 Å². The highest BCUT2D eigenvalue weighted by Crippen LogP contribution is 2.39. The number of aryl methyl sites for hydroxylation is 1. The van der Waals surface area contributed by atoms with E-state index >= 15 is 0 Å². The number of phenolic OH excluding ortho intramolecular Hbond substituents is 1. The van der Waals surface area contributed by atoms with E-state index in [9.17, 15) is 14.7 Å². The zero-order valence-electron chi connectivity index (χ0n) is 15.0. The third-order valence-electron chi connectivity index (χ3n) is 4.63. The first-order valence-electron chi connectivity index (χ1n) is 8.28. The summed E-state index contributed by atoms with van der Waals surface area (Å²) in [6.07, 6.45) is 0. The summed E-state index contributed by atoms with van der Waals surface area (Å²) in [5.74, 6) is 0.695. The number of Topliss-reactive ketones (excluding diaryl/α,β-unsaturated/α-hetero) is 1. The van der Waals surface area contributed by atoms with Crippen LogP contribution in [0, 0.1) is 6.92 Å². The molecule has 4 rings (SSSR count). The lowest BCUT2D eigenvalue weighted by Gasteiger charge is -2.06. The molecule has 0 aliphatic carbocycles. The van der Waals surface area contributed by atoms with E-state index in [1.54, 1.807) is 31.4 Å². The van der Waals surface area contributed by atoms with Crippen molar-refractivity contribution in [1.82, 2.24) is 0 Å². The summed E-state index contributed by atoms with van der Waals surface area (Å²) in [5.41, 5.74) is 1.85. The number of ether oxygens (including phenoxy) is 1. The Balaban J connectivity index is 2.06. The van der Waals surface area contributed by atoms with Crippen molar-refractivity contribution in [2.45, 2.75) is 13.8 Å². The number of furan rings is 1. The fraction of sp³-hybridized carbons (Fsp3) is 0.143. The Morgan fingerprint density at radius 3 is 2.52 bits per heavy atom. The molecule has 0 saturated carbocycles. The molecule has 0 spiro atoms. The molecular weight excluding hydrogens is 348 g/mol. The summed E-state index contributed by atoms with van der Waals surface area (Å²) in [6.45, 7) is 3.22. The molecule has 0 atom stereocenters. The first-order chi connectivity index (χ1) is 12.9. The standard InChI is InChI=1S/C21H16O6/c1-10-13-7-14(11(2)22)17(23)9-19(13)27-21(10)16-8-20(24)26-18-5-4-12(25-3)6-15(16)18/h4-9,23H,1-3H3. The fourth-order valence-electron chi connectivity index (χ4n) is 3.25. The van der Waals surface area contributed by atoms with Gasteiger partial charge in [0.05, 0.1) is 12.7 Å². The smallest absolute Gasteiger partial charge is 0.336 e. The lowest BCUT2D eigenvalue weighted by atomic mass is 10.0. The number of phenols is 1. The van der Waals surface area contributed by atoms with Gasteiger partial charge in [0.15, 0.2) is 5.78 Å². The minimum absolute atomic E-state index is 0.144. The van der Waals surface area contributed by atoms with Crippen LogP contribution in [-0.2, 0) is 0 Å². The van der Waals surface area contributed by atoms with E-state index in [2.05, 4.69) is 0 Å². The number of fused-ring (bicyclic) bond motifs is 2. The van der Waals surface area contributed by atoms with Crippen LogP contribution in [0.3, 0.4) is 0 Å². The summed E-state index contributed by atoms with van der Waals surface area (Å²) in [6, 6.07) is 9.51. The van der Waals surface area contributed by atoms with Crippen molar-refractivity contribution >= 4 is 27.7 Å². The van der Waals surface area contributed by atoms with Gasteiger partial charge in [0.2, 0.25) is 0 Å². The van der Waals surface area contributed by atoms with E-state index in [4.69, 9.17) is 13.6 Å². The number of hydrogen-bond acceptors (Lipinski definition) is 6. The number of rotatable bonds is 3. The van der Waals surface area contributed by atoms with Gasteiger partial charge in [-0.05, 0) is 38.1 Å². The van der Waals surface area contributed by atoms with Gasteiger partial charge >= 0.3 is 5.63 Å². The Bertz CT molecular complexity index is 1280. The molecule has 2 aromatic heterocycles.